The Kier molecular flexibility index (Phi) is 4.58. The number of pyridine rings is 1. The van der Waals surface area contributed by atoms with Gasteiger partial charge in [0.1, 0.15) is 5.03 Å². The molecule has 0 aliphatic carbocycles. The van der Waals surface area contributed by atoms with Crippen LogP contribution in [0.5, 0.6) is 0 Å². The Balaban J connectivity index is 2.30. The second kappa shape index (κ2) is 6.01. The second-order valence-electron chi connectivity index (χ2n) is 3.46. The van der Waals surface area contributed by atoms with E-state index in [0.717, 1.165) is 4.90 Å². The number of carboxylic acid groups (broad SMARTS) is 1. The molecule has 0 saturated carbocycles. The van der Waals surface area contributed by atoms with E-state index in [1.165, 1.54) is 17.8 Å². The minimum atomic E-state index is -1.17. The molecule has 1 heterocycles. The van der Waals surface area contributed by atoms with Gasteiger partial charge in [-0.3, -0.25) is 0 Å². The van der Waals surface area contributed by atoms with Crippen molar-refractivity contribution in [2.45, 2.75) is 9.92 Å². The number of hydrogen-bond donors (Lipinski definition) is 1. The number of rotatable bonds is 3. The van der Waals surface area contributed by atoms with Crippen molar-refractivity contribution in [3.8, 4) is 0 Å². The molecule has 0 spiro atoms. The molecule has 0 amide bonds. The summed E-state index contributed by atoms with van der Waals surface area (Å²) in [4.78, 5) is 15.7. The first-order chi connectivity index (χ1) is 8.97. The van der Waals surface area contributed by atoms with Gasteiger partial charge in [-0.2, -0.15) is 0 Å². The van der Waals surface area contributed by atoms with Gasteiger partial charge >= 0.3 is 5.97 Å². The zero-order chi connectivity index (χ0) is 14.0. The maximum absolute atomic E-state index is 10.9. The Morgan fingerprint density at radius 1 is 1.05 bits per heavy atom. The van der Waals surface area contributed by atoms with E-state index in [2.05, 4.69) is 4.98 Å². The summed E-state index contributed by atoms with van der Waals surface area (Å²) in [5.41, 5.74) is -0.174. The summed E-state index contributed by atoms with van der Waals surface area (Å²) in [6.45, 7) is 0. The maximum Gasteiger partial charge on any atom is 0.356 e. The van der Waals surface area contributed by atoms with E-state index in [1.807, 2.05) is 0 Å². The molecule has 0 unspecified atom stereocenters. The average Bonchev–Trinajstić information content (AvgIpc) is 2.36. The Bertz CT molecular complexity index is 649. The van der Waals surface area contributed by atoms with Crippen molar-refractivity contribution in [3.05, 3.63) is 51.1 Å². The zero-order valence-electron chi connectivity index (χ0n) is 9.23. The van der Waals surface area contributed by atoms with E-state index in [4.69, 9.17) is 39.9 Å². The first-order valence-corrected chi connectivity index (χ1v) is 6.95. The van der Waals surface area contributed by atoms with Crippen molar-refractivity contribution in [1.82, 2.24) is 4.98 Å². The van der Waals surface area contributed by atoms with Crippen molar-refractivity contribution < 1.29 is 9.90 Å². The summed E-state index contributed by atoms with van der Waals surface area (Å²) in [6.07, 6.45) is 0. The number of aromatic nitrogens is 1. The smallest absolute Gasteiger partial charge is 0.356 e. The fourth-order valence-corrected chi connectivity index (χ4v) is 2.67. The standard InChI is InChI=1S/C12H6Cl3NO2S/c13-7-2-1-6(5-9(7)15)19-10-4-3-8(14)11(16-10)12(17)18/h1-5H,(H,17,18). The third-order valence-electron chi connectivity index (χ3n) is 2.14. The van der Waals surface area contributed by atoms with Crippen LogP contribution in [0.15, 0.2) is 40.3 Å². The summed E-state index contributed by atoms with van der Waals surface area (Å²) in [7, 11) is 0. The molecule has 0 fully saturated rings. The summed E-state index contributed by atoms with van der Waals surface area (Å²) in [5, 5.41) is 10.4. The highest BCUT2D eigenvalue weighted by molar-refractivity contribution is 7.99. The minimum absolute atomic E-state index is 0.103. The zero-order valence-corrected chi connectivity index (χ0v) is 12.3. The molecule has 0 atom stereocenters. The van der Waals surface area contributed by atoms with Crippen molar-refractivity contribution in [2.24, 2.45) is 0 Å². The molecule has 19 heavy (non-hydrogen) atoms. The molecular formula is C12H6Cl3NO2S. The molecule has 2 aromatic rings. The fraction of sp³-hybridized carbons (Fsp3) is 0. The van der Waals surface area contributed by atoms with Gasteiger partial charge in [0.05, 0.1) is 15.1 Å². The van der Waals surface area contributed by atoms with Gasteiger partial charge in [-0.05, 0) is 30.3 Å². The van der Waals surface area contributed by atoms with Crippen LogP contribution in [0.4, 0.5) is 0 Å². The van der Waals surface area contributed by atoms with Crippen LogP contribution in [0.3, 0.4) is 0 Å². The molecule has 2 rings (SSSR count). The van der Waals surface area contributed by atoms with Crippen molar-refractivity contribution in [2.75, 3.05) is 0 Å². The van der Waals surface area contributed by atoms with Crippen LogP contribution in [0.1, 0.15) is 10.5 Å². The van der Waals surface area contributed by atoms with E-state index in [0.29, 0.717) is 15.1 Å². The number of hydrogen-bond acceptors (Lipinski definition) is 3. The lowest BCUT2D eigenvalue weighted by Crippen LogP contribution is -2.01. The van der Waals surface area contributed by atoms with E-state index < -0.39 is 5.97 Å². The quantitative estimate of drug-likeness (QED) is 0.868. The fourth-order valence-electron chi connectivity index (χ4n) is 1.29. The van der Waals surface area contributed by atoms with Gasteiger partial charge in [0.15, 0.2) is 5.69 Å². The molecule has 98 valence electrons. The second-order valence-corrected chi connectivity index (χ2v) is 5.78. The Morgan fingerprint density at radius 2 is 1.74 bits per heavy atom. The van der Waals surface area contributed by atoms with Crippen LogP contribution in [-0.2, 0) is 0 Å². The summed E-state index contributed by atoms with van der Waals surface area (Å²) in [5.74, 6) is -1.17. The van der Waals surface area contributed by atoms with Gasteiger partial charge in [0.25, 0.3) is 0 Å². The Hall–Kier alpha value is -0.940. The monoisotopic (exact) mass is 333 g/mol. The number of nitrogens with zero attached hydrogens (tertiary/aromatic N) is 1. The van der Waals surface area contributed by atoms with Crippen molar-refractivity contribution >= 4 is 52.5 Å². The molecule has 0 aliphatic rings. The van der Waals surface area contributed by atoms with E-state index >= 15 is 0 Å². The average molecular weight is 335 g/mol. The van der Waals surface area contributed by atoms with Gasteiger partial charge in [0, 0.05) is 4.90 Å². The Morgan fingerprint density at radius 3 is 2.37 bits per heavy atom. The van der Waals surface area contributed by atoms with Gasteiger partial charge in [-0.25, -0.2) is 9.78 Å². The molecular weight excluding hydrogens is 329 g/mol. The molecule has 1 aromatic heterocycles. The number of carboxylic acids is 1. The van der Waals surface area contributed by atoms with Gasteiger partial charge < -0.3 is 5.11 Å². The molecule has 1 N–H and O–H groups in total. The lowest BCUT2D eigenvalue weighted by atomic mass is 10.3. The summed E-state index contributed by atoms with van der Waals surface area (Å²) in [6, 6.07) is 8.26. The topological polar surface area (TPSA) is 50.2 Å². The van der Waals surface area contributed by atoms with Crippen LogP contribution < -0.4 is 0 Å². The number of benzene rings is 1. The molecule has 3 nitrogen and oxygen atoms in total. The lowest BCUT2D eigenvalue weighted by molar-refractivity contribution is 0.0690. The maximum atomic E-state index is 10.9. The first kappa shape index (κ1) is 14.5. The highest BCUT2D eigenvalue weighted by Gasteiger charge is 2.12. The van der Waals surface area contributed by atoms with E-state index in [-0.39, 0.29) is 10.7 Å². The predicted molar refractivity (Wildman–Crippen MR) is 76.8 cm³/mol. The predicted octanol–water partition coefficient (Wildman–Crippen LogP) is 4.89. The first-order valence-electron chi connectivity index (χ1n) is 5.00. The summed E-state index contributed by atoms with van der Waals surface area (Å²) >= 11 is 18.7. The Labute approximate surface area is 128 Å². The minimum Gasteiger partial charge on any atom is -0.476 e. The van der Waals surface area contributed by atoms with Crippen LogP contribution in [0.25, 0.3) is 0 Å². The molecule has 1 aromatic carbocycles. The van der Waals surface area contributed by atoms with E-state index in [9.17, 15) is 4.79 Å². The number of carbonyl (C=O) groups is 1. The third-order valence-corrected chi connectivity index (χ3v) is 4.11. The van der Waals surface area contributed by atoms with Crippen LogP contribution in [-0.4, -0.2) is 16.1 Å². The SMILES string of the molecule is O=C(O)c1nc(Sc2ccc(Cl)c(Cl)c2)ccc1Cl. The molecule has 0 radical (unpaired) electrons. The molecule has 7 heteroatoms. The highest BCUT2D eigenvalue weighted by atomic mass is 35.5. The van der Waals surface area contributed by atoms with Crippen molar-refractivity contribution in [3.63, 3.8) is 0 Å². The van der Waals surface area contributed by atoms with Gasteiger partial charge in [-0.15, -0.1) is 0 Å². The van der Waals surface area contributed by atoms with E-state index in [1.54, 1.807) is 24.3 Å². The van der Waals surface area contributed by atoms with Crippen LogP contribution in [0.2, 0.25) is 15.1 Å². The molecule has 0 aliphatic heterocycles. The largest absolute Gasteiger partial charge is 0.476 e. The van der Waals surface area contributed by atoms with Crippen LogP contribution in [0, 0.1) is 0 Å². The van der Waals surface area contributed by atoms with Crippen LogP contribution >= 0.6 is 46.6 Å². The van der Waals surface area contributed by atoms with Gasteiger partial charge in [-0.1, -0.05) is 46.6 Å². The number of aromatic carboxylic acids is 1. The number of halogens is 3. The molecule has 0 bridgehead atoms. The van der Waals surface area contributed by atoms with Crippen molar-refractivity contribution in [1.29, 1.82) is 0 Å². The van der Waals surface area contributed by atoms with Gasteiger partial charge in [0.2, 0.25) is 0 Å². The molecule has 0 saturated heterocycles. The lowest BCUT2D eigenvalue weighted by Gasteiger charge is -2.04. The summed E-state index contributed by atoms with van der Waals surface area (Å²) < 4.78 is 0. The normalized spacial score (nSPS) is 10.5. The highest BCUT2D eigenvalue weighted by Crippen LogP contribution is 2.32. The third kappa shape index (κ3) is 3.54.